The molecule has 1 atom stereocenters. The minimum Gasteiger partial charge on any atom is -0.435 e. The molecule has 2 rings (SSSR count). The number of amides is 1. The summed E-state index contributed by atoms with van der Waals surface area (Å²) in [6.45, 7) is -1.03. The zero-order valence-corrected chi connectivity index (χ0v) is 12.3. The largest absolute Gasteiger partial charge is 0.435 e. The van der Waals surface area contributed by atoms with Gasteiger partial charge in [-0.25, -0.2) is 0 Å². The number of halogens is 3. The van der Waals surface area contributed by atoms with Crippen molar-refractivity contribution in [1.82, 2.24) is 10.6 Å². The summed E-state index contributed by atoms with van der Waals surface area (Å²) < 4.78 is 28.3. The van der Waals surface area contributed by atoms with Gasteiger partial charge in [0.15, 0.2) is 0 Å². The van der Waals surface area contributed by atoms with Crippen molar-refractivity contribution in [3.63, 3.8) is 0 Å². The second kappa shape index (κ2) is 8.79. The maximum Gasteiger partial charge on any atom is 0.387 e. The van der Waals surface area contributed by atoms with Gasteiger partial charge in [-0.15, -0.1) is 12.4 Å². The van der Waals surface area contributed by atoms with Crippen LogP contribution in [0.2, 0.25) is 0 Å². The highest BCUT2D eigenvalue weighted by Crippen LogP contribution is 2.15. The first-order valence-electron chi connectivity index (χ1n) is 6.67. The van der Waals surface area contributed by atoms with Crippen molar-refractivity contribution in [3.05, 3.63) is 29.8 Å². The topological polar surface area (TPSA) is 50.4 Å². The number of piperidine rings is 1. The Morgan fingerprint density at radius 3 is 2.67 bits per heavy atom. The normalized spacial score (nSPS) is 18.0. The van der Waals surface area contributed by atoms with E-state index in [2.05, 4.69) is 15.4 Å². The average molecular weight is 321 g/mol. The Hall–Kier alpha value is -1.40. The number of hydrogen-bond acceptors (Lipinski definition) is 3. The van der Waals surface area contributed by atoms with Crippen molar-refractivity contribution in [3.8, 4) is 5.75 Å². The number of ether oxygens (including phenoxy) is 1. The van der Waals surface area contributed by atoms with Crippen LogP contribution in [0.25, 0.3) is 0 Å². The molecule has 21 heavy (non-hydrogen) atoms. The van der Waals surface area contributed by atoms with E-state index in [0.29, 0.717) is 0 Å². The van der Waals surface area contributed by atoms with Crippen molar-refractivity contribution in [2.75, 3.05) is 13.1 Å². The molecule has 1 fully saturated rings. The number of rotatable bonds is 5. The highest BCUT2D eigenvalue weighted by atomic mass is 35.5. The fourth-order valence-corrected chi connectivity index (χ4v) is 2.23. The highest BCUT2D eigenvalue weighted by molar-refractivity contribution is 5.85. The summed E-state index contributed by atoms with van der Waals surface area (Å²) in [6, 6.07) is 6.30. The lowest BCUT2D eigenvalue weighted by Gasteiger charge is -2.23. The molecule has 4 nitrogen and oxygen atoms in total. The van der Waals surface area contributed by atoms with Crippen molar-refractivity contribution in [2.24, 2.45) is 0 Å². The summed E-state index contributed by atoms with van der Waals surface area (Å²) in [5.74, 6) is 0.0434. The zero-order chi connectivity index (χ0) is 14.4. The zero-order valence-electron chi connectivity index (χ0n) is 11.5. The molecule has 7 heteroatoms. The van der Waals surface area contributed by atoms with E-state index in [-0.39, 0.29) is 36.5 Å². The summed E-state index contributed by atoms with van der Waals surface area (Å²) in [5.41, 5.74) is 0.771. The summed E-state index contributed by atoms with van der Waals surface area (Å²) in [6.07, 6.45) is 2.29. The molecule has 0 bridgehead atoms. The van der Waals surface area contributed by atoms with Gasteiger partial charge in [-0.05, 0) is 37.1 Å². The Morgan fingerprint density at radius 2 is 2.10 bits per heavy atom. The molecule has 1 saturated heterocycles. The van der Waals surface area contributed by atoms with Crippen LogP contribution in [-0.2, 0) is 11.2 Å². The molecule has 1 amide bonds. The van der Waals surface area contributed by atoms with E-state index in [9.17, 15) is 13.6 Å². The van der Waals surface area contributed by atoms with Gasteiger partial charge in [-0.3, -0.25) is 4.79 Å². The smallest absolute Gasteiger partial charge is 0.387 e. The van der Waals surface area contributed by atoms with Gasteiger partial charge in [0.2, 0.25) is 5.91 Å². The van der Waals surface area contributed by atoms with Gasteiger partial charge in [0.25, 0.3) is 0 Å². The molecule has 1 aromatic rings. The van der Waals surface area contributed by atoms with Crippen molar-refractivity contribution >= 4 is 18.3 Å². The van der Waals surface area contributed by atoms with Crippen LogP contribution in [0, 0.1) is 0 Å². The molecule has 0 saturated carbocycles. The van der Waals surface area contributed by atoms with Gasteiger partial charge in [0.05, 0.1) is 6.42 Å². The standard InChI is InChI=1S/C14H18F2N2O2.ClH/c15-14(16)20-12-5-3-10(4-6-12)8-13(19)18-11-2-1-7-17-9-11;/h3-6,11,14,17H,1-2,7-9H2,(H,18,19);1H/t11-;/m0./s1. The van der Waals surface area contributed by atoms with Crippen LogP contribution < -0.4 is 15.4 Å². The minimum absolute atomic E-state index is 0. The molecule has 1 heterocycles. The summed E-state index contributed by atoms with van der Waals surface area (Å²) in [5, 5.41) is 6.19. The fraction of sp³-hybridized carbons (Fsp3) is 0.500. The van der Waals surface area contributed by atoms with Crippen LogP contribution >= 0.6 is 12.4 Å². The lowest BCUT2D eigenvalue weighted by Crippen LogP contribution is -2.46. The molecule has 0 aromatic heterocycles. The van der Waals surface area contributed by atoms with Gasteiger partial charge in [-0.2, -0.15) is 8.78 Å². The minimum atomic E-state index is -2.83. The number of alkyl halides is 2. The lowest BCUT2D eigenvalue weighted by molar-refractivity contribution is -0.121. The molecule has 1 aromatic carbocycles. The van der Waals surface area contributed by atoms with E-state index < -0.39 is 6.61 Å². The SMILES string of the molecule is Cl.O=C(Cc1ccc(OC(F)F)cc1)N[C@H]1CCCNC1. The third kappa shape index (κ3) is 6.27. The molecule has 0 spiro atoms. The van der Waals surface area contributed by atoms with Crippen LogP contribution in [0.15, 0.2) is 24.3 Å². The summed E-state index contributed by atoms with van der Waals surface area (Å²) in [4.78, 5) is 11.9. The maximum absolute atomic E-state index is 12.0. The average Bonchev–Trinajstić information content (AvgIpc) is 2.41. The van der Waals surface area contributed by atoms with E-state index in [1.165, 1.54) is 12.1 Å². The molecule has 118 valence electrons. The van der Waals surface area contributed by atoms with Crippen molar-refractivity contribution in [2.45, 2.75) is 31.9 Å². The molecular weight excluding hydrogens is 302 g/mol. The first-order valence-corrected chi connectivity index (χ1v) is 6.67. The molecule has 1 aliphatic rings. The molecular formula is C14H19ClF2N2O2. The van der Waals surface area contributed by atoms with Crippen LogP contribution in [0.4, 0.5) is 8.78 Å². The quantitative estimate of drug-likeness (QED) is 0.874. The number of nitrogens with one attached hydrogen (secondary N) is 2. The first kappa shape index (κ1) is 17.7. The van der Waals surface area contributed by atoms with E-state index in [0.717, 1.165) is 31.5 Å². The fourth-order valence-electron chi connectivity index (χ4n) is 2.23. The number of carbonyl (C=O) groups is 1. The van der Waals surface area contributed by atoms with E-state index in [4.69, 9.17) is 0 Å². The van der Waals surface area contributed by atoms with Crippen LogP contribution in [0.3, 0.4) is 0 Å². The Kier molecular flexibility index (Phi) is 7.39. The second-order valence-electron chi connectivity index (χ2n) is 4.81. The van der Waals surface area contributed by atoms with E-state index in [1.807, 2.05) is 0 Å². The Labute approximate surface area is 128 Å². The van der Waals surface area contributed by atoms with Gasteiger partial charge >= 0.3 is 6.61 Å². The molecule has 0 radical (unpaired) electrons. The first-order chi connectivity index (χ1) is 9.63. The van der Waals surface area contributed by atoms with E-state index >= 15 is 0 Å². The van der Waals surface area contributed by atoms with Gasteiger partial charge in [0, 0.05) is 12.6 Å². The predicted octanol–water partition coefficient (Wildman–Crippen LogP) is 2.12. The number of benzene rings is 1. The lowest BCUT2D eigenvalue weighted by atomic mass is 10.1. The number of hydrogen-bond donors (Lipinski definition) is 2. The monoisotopic (exact) mass is 320 g/mol. The Morgan fingerprint density at radius 1 is 1.38 bits per heavy atom. The Balaban J connectivity index is 0.00000220. The second-order valence-corrected chi connectivity index (χ2v) is 4.81. The maximum atomic E-state index is 12.0. The third-order valence-corrected chi connectivity index (χ3v) is 3.18. The van der Waals surface area contributed by atoms with Crippen molar-refractivity contribution in [1.29, 1.82) is 0 Å². The highest BCUT2D eigenvalue weighted by Gasteiger charge is 2.15. The van der Waals surface area contributed by atoms with Gasteiger partial charge in [-0.1, -0.05) is 12.1 Å². The molecule has 0 aliphatic carbocycles. The summed E-state index contributed by atoms with van der Waals surface area (Å²) >= 11 is 0. The van der Waals surface area contributed by atoms with E-state index in [1.54, 1.807) is 12.1 Å². The number of carbonyl (C=O) groups excluding carboxylic acids is 1. The third-order valence-electron chi connectivity index (χ3n) is 3.18. The van der Waals surface area contributed by atoms with Crippen molar-refractivity contribution < 1.29 is 18.3 Å². The molecule has 2 N–H and O–H groups in total. The molecule has 1 aliphatic heterocycles. The Bertz CT molecular complexity index is 437. The van der Waals surface area contributed by atoms with Crippen LogP contribution in [0.1, 0.15) is 18.4 Å². The van der Waals surface area contributed by atoms with Crippen LogP contribution in [-0.4, -0.2) is 31.7 Å². The predicted molar refractivity (Wildman–Crippen MR) is 78.1 cm³/mol. The van der Waals surface area contributed by atoms with Gasteiger partial charge < -0.3 is 15.4 Å². The molecule has 0 unspecified atom stereocenters. The van der Waals surface area contributed by atoms with Gasteiger partial charge in [0.1, 0.15) is 5.75 Å². The van der Waals surface area contributed by atoms with Crippen LogP contribution in [0.5, 0.6) is 5.75 Å². The summed E-state index contributed by atoms with van der Waals surface area (Å²) in [7, 11) is 0.